The van der Waals surface area contributed by atoms with Gasteiger partial charge in [-0.3, -0.25) is 0 Å². The molecule has 4 heteroatoms. The van der Waals surface area contributed by atoms with Gasteiger partial charge < -0.3 is 0 Å². The van der Waals surface area contributed by atoms with E-state index < -0.39 is 17.5 Å². The van der Waals surface area contributed by atoms with Crippen LogP contribution in [0.15, 0.2) is 146 Å². The Morgan fingerprint density at radius 3 is 1.14 bits per heavy atom. The van der Waals surface area contributed by atoms with Gasteiger partial charge in [-0.2, -0.15) is 0 Å². The molecule has 0 bridgehead atoms. The van der Waals surface area contributed by atoms with Crippen molar-refractivity contribution in [1.82, 2.24) is 0 Å². The number of halogens is 4. The average Bonchev–Trinajstić information content (AvgIpc) is 3.14. The molecule has 0 aliphatic carbocycles. The molecule has 10 aromatic rings. The molecule has 0 N–H and O–H groups in total. The van der Waals surface area contributed by atoms with Gasteiger partial charge in [-0.15, -0.1) is 0 Å². The van der Waals surface area contributed by atoms with E-state index in [9.17, 15) is 17.6 Å². The molecule has 0 fully saturated rings. The first-order valence-corrected chi connectivity index (χ1v) is 16.4. The lowest BCUT2D eigenvalue weighted by molar-refractivity contribution is 0.448. The molecule has 0 saturated carbocycles. The Balaban J connectivity index is 1.22. The van der Waals surface area contributed by atoms with Gasteiger partial charge in [-0.05, 0) is 135 Å². The molecular weight excluding hydrogens is 628 g/mol. The number of benzene rings is 10. The Hall–Kier alpha value is -6.26. The van der Waals surface area contributed by atoms with Crippen molar-refractivity contribution < 1.29 is 17.6 Å². The Morgan fingerprint density at radius 1 is 0.300 bits per heavy atom. The van der Waals surface area contributed by atoms with Crippen molar-refractivity contribution in [3.8, 4) is 33.4 Å². The highest BCUT2D eigenvalue weighted by atomic mass is 19.2. The maximum absolute atomic E-state index is 14.7. The predicted molar refractivity (Wildman–Crippen MR) is 199 cm³/mol. The highest BCUT2D eigenvalue weighted by Crippen LogP contribution is 2.46. The lowest BCUT2D eigenvalue weighted by Crippen LogP contribution is -1.95. The van der Waals surface area contributed by atoms with Crippen LogP contribution in [0.4, 0.5) is 17.6 Å². The Labute approximate surface area is 283 Å². The third-order valence-corrected chi connectivity index (χ3v) is 10.2. The summed E-state index contributed by atoms with van der Waals surface area (Å²) >= 11 is 0. The first-order valence-electron chi connectivity index (χ1n) is 16.4. The lowest BCUT2D eigenvalue weighted by atomic mass is 9.84. The molecule has 0 aliphatic rings. The van der Waals surface area contributed by atoms with Crippen molar-refractivity contribution in [2.24, 2.45) is 0 Å². The minimum atomic E-state index is -1.48. The maximum Gasteiger partial charge on any atom is 0.194 e. The van der Waals surface area contributed by atoms with E-state index in [1.165, 1.54) is 10.8 Å². The summed E-state index contributed by atoms with van der Waals surface area (Å²) < 4.78 is 57.9. The van der Waals surface area contributed by atoms with E-state index in [2.05, 4.69) is 48.5 Å². The molecule has 0 atom stereocenters. The van der Waals surface area contributed by atoms with E-state index in [0.29, 0.717) is 10.9 Å². The van der Waals surface area contributed by atoms with Crippen LogP contribution in [0.5, 0.6) is 0 Å². The average molecular weight is 653 g/mol. The Bertz CT molecular complexity index is 2880. The first kappa shape index (κ1) is 28.7. The van der Waals surface area contributed by atoms with Crippen molar-refractivity contribution in [3.63, 3.8) is 0 Å². The summed E-state index contributed by atoms with van der Waals surface area (Å²) in [4.78, 5) is 0. The van der Waals surface area contributed by atoms with Gasteiger partial charge in [-0.25, -0.2) is 17.6 Å². The molecule has 10 rings (SSSR count). The fraction of sp³-hybridized carbons (Fsp3) is 0. The number of rotatable bonds is 3. The molecular formula is C46H24F4. The highest BCUT2D eigenvalue weighted by Gasteiger charge is 2.21. The second-order valence-electron chi connectivity index (χ2n) is 13.0. The van der Waals surface area contributed by atoms with Crippen LogP contribution >= 0.6 is 0 Å². The quantitative estimate of drug-likeness (QED) is 0.0771. The predicted octanol–water partition coefficient (Wildman–Crippen LogP) is 13.6. The SMILES string of the molecule is Fc1cc(-c2c3ccccc3c(-c3cc4ccc5cc(-c6ccc(F)c7ccccc67)cc6ccc(c3)c4c56)c3ccccc23)cc(F)c1F. The number of hydrogen-bond acceptors (Lipinski definition) is 0. The van der Waals surface area contributed by atoms with E-state index in [-0.39, 0.29) is 11.4 Å². The minimum Gasteiger partial charge on any atom is -0.206 e. The summed E-state index contributed by atoms with van der Waals surface area (Å²) in [5.41, 5.74) is 4.99. The van der Waals surface area contributed by atoms with E-state index in [1.54, 1.807) is 6.07 Å². The molecule has 0 unspecified atom stereocenters. The molecule has 236 valence electrons. The summed E-state index contributed by atoms with van der Waals surface area (Å²) in [7, 11) is 0. The van der Waals surface area contributed by atoms with Crippen molar-refractivity contribution in [2.75, 3.05) is 0 Å². The second kappa shape index (κ2) is 10.6. The van der Waals surface area contributed by atoms with Gasteiger partial charge in [0.05, 0.1) is 0 Å². The van der Waals surface area contributed by atoms with Crippen LogP contribution in [-0.4, -0.2) is 0 Å². The van der Waals surface area contributed by atoms with Gasteiger partial charge in [0.25, 0.3) is 0 Å². The van der Waals surface area contributed by atoms with Gasteiger partial charge >= 0.3 is 0 Å². The molecule has 0 amide bonds. The van der Waals surface area contributed by atoms with Gasteiger partial charge in [0.1, 0.15) is 5.82 Å². The minimum absolute atomic E-state index is 0.230. The molecule has 0 spiro atoms. The summed E-state index contributed by atoms with van der Waals surface area (Å²) in [5.74, 6) is -4.15. The molecule has 0 aliphatic heterocycles. The van der Waals surface area contributed by atoms with Crippen LogP contribution in [0, 0.1) is 23.3 Å². The molecule has 0 heterocycles. The maximum atomic E-state index is 14.7. The summed E-state index contributed by atoms with van der Waals surface area (Å²) in [6.45, 7) is 0. The number of fused-ring (bicyclic) bond motifs is 3. The van der Waals surface area contributed by atoms with E-state index >= 15 is 0 Å². The third-order valence-electron chi connectivity index (χ3n) is 10.2. The highest BCUT2D eigenvalue weighted by molar-refractivity contribution is 6.27. The monoisotopic (exact) mass is 652 g/mol. The standard InChI is InChI=1S/C46H24F4/c47-39-18-17-32(33-7-1-2-8-34(33)39)29-19-25-13-15-27-21-30(22-28-16-14-26(20-29)42(25)43(27)28)44-35-9-3-5-11-37(35)45(38-12-6-4-10-36(38)44)31-23-40(48)46(50)41(49)24-31/h1-24H. The smallest absolute Gasteiger partial charge is 0.194 e. The summed E-state index contributed by atoms with van der Waals surface area (Å²) in [6.07, 6.45) is 0. The largest absolute Gasteiger partial charge is 0.206 e. The van der Waals surface area contributed by atoms with E-state index in [0.717, 1.165) is 82.9 Å². The first-order chi connectivity index (χ1) is 24.4. The van der Waals surface area contributed by atoms with Crippen molar-refractivity contribution in [2.45, 2.75) is 0 Å². The molecule has 0 nitrogen and oxygen atoms in total. The molecule has 0 aromatic heterocycles. The summed E-state index contributed by atoms with van der Waals surface area (Å²) in [6, 6.07) is 46.3. The Kier molecular flexibility index (Phi) is 6.10. The zero-order valence-corrected chi connectivity index (χ0v) is 26.4. The zero-order chi connectivity index (χ0) is 33.7. The molecule has 0 radical (unpaired) electrons. The van der Waals surface area contributed by atoms with Crippen molar-refractivity contribution in [1.29, 1.82) is 0 Å². The van der Waals surface area contributed by atoms with Crippen molar-refractivity contribution >= 4 is 64.6 Å². The normalized spacial score (nSPS) is 12.0. The lowest BCUT2D eigenvalue weighted by Gasteiger charge is -2.19. The van der Waals surface area contributed by atoms with Gasteiger partial charge in [0.2, 0.25) is 0 Å². The fourth-order valence-corrected chi connectivity index (χ4v) is 8.10. The third kappa shape index (κ3) is 4.12. The van der Waals surface area contributed by atoms with Crippen molar-refractivity contribution in [3.05, 3.63) is 169 Å². The van der Waals surface area contributed by atoms with Gasteiger partial charge in [0, 0.05) is 5.39 Å². The van der Waals surface area contributed by atoms with Crippen LogP contribution in [0.2, 0.25) is 0 Å². The van der Waals surface area contributed by atoms with E-state index in [1.807, 2.05) is 78.9 Å². The Morgan fingerprint density at radius 2 is 0.680 bits per heavy atom. The van der Waals surface area contributed by atoms with Gasteiger partial charge in [-0.1, -0.05) is 103 Å². The number of hydrogen-bond donors (Lipinski definition) is 0. The zero-order valence-electron chi connectivity index (χ0n) is 26.4. The molecule has 10 aromatic carbocycles. The van der Waals surface area contributed by atoms with Gasteiger partial charge in [0.15, 0.2) is 17.5 Å². The van der Waals surface area contributed by atoms with Crippen LogP contribution in [-0.2, 0) is 0 Å². The van der Waals surface area contributed by atoms with Crippen LogP contribution in [0.25, 0.3) is 98.0 Å². The molecule has 50 heavy (non-hydrogen) atoms. The van der Waals surface area contributed by atoms with Crippen LogP contribution < -0.4 is 0 Å². The van der Waals surface area contributed by atoms with Crippen LogP contribution in [0.1, 0.15) is 0 Å². The van der Waals surface area contributed by atoms with E-state index in [4.69, 9.17) is 0 Å². The summed E-state index contributed by atoms with van der Waals surface area (Å²) in [5, 5.41) is 11.7. The second-order valence-corrected chi connectivity index (χ2v) is 13.0. The fourth-order valence-electron chi connectivity index (χ4n) is 8.10. The van der Waals surface area contributed by atoms with Crippen LogP contribution in [0.3, 0.4) is 0 Å². The molecule has 0 saturated heterocycles. The topological polar surface area (TPSA) is 0 Å².